The maximum atomic E-state index is 13.7. The van der Waals surface area contributed by atoms with E-state index in [4.69, 9.17) is 5.73 Å². The highest BCUT2D eigenvalue weighted by atomic mass is 16.2. The molecule has 1 aliphatic carbocycles. The molecule has 3 fully saturated rings. The molecule has 3 aliphatic rings. The summed E-state index contributed by atoms with van der Waals surface area (Å²) in [4.78, 5) is 42.1. The molecule has 7 nitrogen and oxygen atoms in total. The predicted molar refractivity (Wildman–Crippen MR) is 121 cm³/mol. The van der Waals surface area contributed by atoms with E-state index in [0.717, 1.165) is 32.2 Å². The zero-order chi connectivity index (χ0) is 22.4. The molecule has 0 spiro atoms. The lowest BCUT2D eigenvalue weighted by molar-refractivity contribution is -0.150. The number of rotatable bonds is 8. The molecule has 31 heavy (non-hydrogen) atoms. The highest BCUT2D eigenvalue weighted by Gasteiger charge is 2.40. The topological polar surface area (TPSA) is 95.7 Å². The number of piperazine rings is 1. The van der Waals surface area contributed by atoms with Crippen LogP contribution in [0.5, 0.6) is 0 Å². The fourth-order valence-electron chi connectivity index (χ4n) is 5.67. The Morgan fingerprint density at radius 1 is 1.00 bits per heavy atom. The molecule has 0 bridgehead atoms. The van der Waals surface area contributed by atoms with Crippen LogP contribution in [0.2, 0.25) is 0 Å². The summed E-state index contributed by atoms with van der Waals surface area (Å²) in [7, 11) is 0. The number of nitrogens with two attached hydrogens (primary N) is 1. The van der Waals surface area contributed by atoms with Gasteiger partial charge in [0, 0.05) is 32.6 Å². The van der Waals surface area contributed by atoms with Gasteiger partial charge in [-0.3, -0.25) is 14.4 Å². The van der Waals surface area contributed by atoms with Gasteiger partial charge in [-0.25, -0.2) is 0 Å². The minimum atomic E-state index is -0.347. The van der Waals surface area contributed by atoms with Gasteiger partial charge >= 0.3 is 0 Å². The number of hydrogen-bond donors (Lipinski definition) is 2. The van der Waals surface area contributed by atoms with Crippen molar-refractivity contribution in [2.75, 3.05) is 26.2 Å². The van der Waals surface area contributed by atoms with Crippen molar-refractivity contribution < 1.29 is 14.4 Å². The van der Waals surface area contributed by atoms with E-state index in [0.29, 0.717) is 37.9 Å². The molecular formula is C24H42N4O3. The number of carbonyl (C=O) groups is 3. The fraction of sp³-hybridized carbons (Fsp3) is 0.875. The van der Waals surface area contributed by atoms with Gasteiger partial charge in [0.05, 0.1) is 6.04 Å². The minimum Gasteiger partial charge on any atom is -0.370 e. The first-order valence-electron chi connectivity index (χ1n) is 12.5. The molecule has 2 atom stereocenters. The third-order valence-corrected chi connectivity index (χ3v) is 7.39. The average Bonchev–Trinajstić information content (AvgIpc) is 2.74. The first kappa shape index (κ1) is 24.0. The van der Waals surface area contributed by atoms with E-state index in [-0.39, 0.29) is 35.7 Å². The first-order chi connectivity index (χ1) is 14.8. The average molecular weight is 435 g/mol. The molecule has 2 saturated heterocycles. The lowest BCUT2D eigenvalue weighted by Crippen LogP contribution is -2.62. The zero-order valence-corrected chi connectivity index (χ0v) is 19.5. The predicted octanol–water partition coefficient (Wildman–Crippen LogP) is 2.29. The molecule has 7 heteroatoms. The molecule has 3 rings (SSSR count). The fourth-order valence-corrected chi connectivity index (χ4v) is 5.67. The van der Waals surface area contributed by atoms with Crippen molar-refractivity contribution in [3.63, 3.8) is 0 Å². The number of likely N-dealkylation sites (tertiary alicyclic amines) is 1. The van der Waals surface area contributed by atoms with Crippen molar-refractivity contribution in [1.29, 1.82) is 0 Å². The van der Waals surface area contributed by atoms with Crippen LogP contribution >= 0.6 is 0 Å². The highest BCUT2D eigenvalue weighted by Crippen LogP contribution is 2.31. The number of nitrogens with zero attached hydrogens (tertiary/aromatic N) is 2. The van der Waals surface area contributed by atoms with E-state index in [1.807, 2.05) is 9.80 Å². The molecule has 2 heterocycles. The van der Waals surface area contributed by atoms with Crippen LogP contribution in [0.1, 0.15) is 78.1 Å². The van der Waals surface area contributed by atoms with Crippen molar-refractivity contribution >= 4 is 17.7 Å². The van der Waals surface area contributed by atoms with Gasteiger partial charge in [-0.1, -0.05) is 46.0 Å². The number of carbonyl (C=O) groups excluding carboxylic acids is 3. The summed E-state index contributed by atoms with van der Waals surface area (Å²) in [5.74, 6) is 1.18. The summed E-state index contributed by atoms with van der Waals surface area (Å²) in [6, 6.07) is -0.531. The summed E-state index contributed by atoms with van der Waals surface area (Å²) in [6.07, 6.45) is 9.71. The Labute approximate surface area is 187 Å². The van der Waals surface area contributed by atoms with E-state index in [1.54, 1.807) is 0 Å². The molecule has 0 aromatic carbocycles. The second kappa shape index (κ2) is 11.3. The Hall–Kier alpha value is -1.63. The van der Waals surface area contributed by atoms with E-state index >= 15 is 0 Å². The maximum absolute atomic E-state index is 13.7. The molecule has 0 radical (unpaired) electrons. The molecule has 1 saturated carbocycles. The van der Waals surface area contributed by atoms with Crippen LogP contribution < -0.4 is 11.1 Å². The number of piperidine rings is 1. The van der Waals surface area contributed by atoms with Crippen LogP contribution in [-0.4, -0.2) is 65.8 Å². The van der Waals surface area contributed by atoms with Gasteiger partial charge in [-0.05, 0) is 43.4 Å². The van der Waals surface area contributed by atoms with E-state index in [1.165, 1.54) is 32.1 Å². The van der Waals surface area contributed by atoms with Gasteiger partial charge in [0.25, 0.3) is 0 Å². The first-order valence-corrected chi connectivity index (χ1v) is 12.5. The smallest absolute Gasteiger partial charge is 0.245 e. The lowest BCUT2D eigenvalue weighted by Gasteiger charge is -2.42. The Morgan fingerprint density at radius 3 is 2.29 bits per heavy atom. The number of hydrogen-bond acceptors (Lipinski definition) is 4. The third kappa shape index (κ3) is 6.67. The summed E-state index contributed by atoms with van der Waals surface area (Å²) in [5.41, 5.74) is 5.36. The van der Waals surface area contributed by atoms with Gasteiger partial charge in [0.15, 0.2) is 0 Å². The van der Waals surface area contributed by atoms with Crippen LogP contribution in [0.25, 0.3) is 0 Å². The number of amides is 3. The summed E-state index contributed by atoms with van der Waals surface area (Å²) in [5, 5.41) is 3.37. The SMILES string of the molecule is CC(C)CC1NCCN(C(CC2CCCCC2)C(=O)N2CCC(CC(N)=O)CC2)C1=O. The molecule has 2 unspecified atom stereocenters. The van der Waals surface area contributed by atoms with Crippen molar-refractivity contribution in [3.05, 3.63) is 0 Å². The molecule has 176 valence electrons. The molecule has 0 aromatic rings. The van der Waals surface area contributed by atoms with Crippen molar-refractivity contribution in [1.82, 2.24) is 15.1 Å². The lowest BCUT2D eigenvalue weighted by atomic mass is 9.83. The summed E-state index contributed by atoms with van der Waals surface area (Å²) >= 11 is 0. The van der Waals surface area contributed by atoms with Gasteiger partial charge in [-0.2, -0.15) is 0 Å². The zero-order valence-electron chi connectivity index (χ0n) is 19.5. The second-order valence-electron chi connectivity index (χ2n) is 10.4. The van der Waals surface area contributed by atoms with Crippen LogP contribution in [-0.2, 0) is 14.4 Å². The van der Waals surface area contributed by atoms with Crippen molar-refractivity contribution in [2.45, 2.75) is 90.1 Å². The highest BCUT2D eigenvalue weighted by molar-refractivity contribution is 5.90. The molecular weight excluding hydrogens is 392 g/mol. The van der Waals surface area contributed by atoms with E-state index in [2.05, 4.69) is 19.2 Å². The molecule has 0 aromatic heterocycles. The van der Waals surface area contributed by atoms with Crippen molar-refractivity contribution in [3.8, 4) is 0 Å². The Morgan fingerprint density at radius 2 is 1.68 bits per heavy atom. The van der Waals surface area contributed by atoms with Crippen molar-refractivity contribution in [2.24, 2.45) is 23.5 Å². The van der Waals surface area contributed by atoms with E-state index in [9.17, 15) is 14.4 Å². The Bertz CT molecular complexity index is 624. The third-order valence-electron chi connectivity index (χ3n) is 7.39. The largest absolute Gasteiger partial charge is 0.370 e. The number of nitrogens with one attached hydrogen (secondary N) is 1. The van der Waals surface area contributed by atoms with Gasteiger partial charge in [-0.15, -0.1) is 0 Å². The monoisotopic (exact) mass is 434 g/mol. The number of primary amides is 1. The molecule has 2 aliphatic heterocycles. The van der Waals surface area contributed by atoms with Crippen LogP contribution in [0.4, 0.5) is 0 Å². The molecule has 3 amide bonds. The van der Waals surface area contributed by atoms with Crippen LogP contribution in [0, 0.1) is 17.8 Å². The Kier molecular flexibility index (Phi) is 8.76. The standard InChI is InChI=1S/C24H42N4O3/c1-17(2)14-20-23(30)28(13-10-26-20)21(15-18-6-4-3-5-7-18)24(31)27-11-8-19(9-12-27)16-22(25)29/h17-21,26H,3-16H2,1-2H3,(H2,25,29). The van der Waals surface area contributed by atoms with Crippen LogP contribution in [0.3, 0.4) is 0 Å². The molecule has 3 N–H and O–H groups in total. The minimum absolute atomic E-state index is 0.0951. The summed E-state index contributed by atoms with van der Waals surface area (Å²) in [6.45, 7) is 6.94. The van der Waals surface area contributed by atoms with Gasteiger partial charge in [0.1, 0.15) is 6.04 Å². The summed E-state index contributed by atoms with van der Waals surface area (Å²) < 4.78 is 0. The van der Waals surface area contributed by atoms with Gasteiger partial charge in [0.2, 0.25) is 17.7 Å². The van der Waals surface area contributed by atoms with Gasteiger partial charge < -0.3 is 20.9 Å². The second-order valence-corrected chi connectivity index (χ2v) is 10.4. The van der Waals surface area contributed by atoms with Crippen LogP contribution in [0.15, 0.2) is 0 Å². The normalized spacial score (nSPS) is 25.1. The maximum Gasteiger partial charge on any atom is 0.245 e. The Balaban J connectivity index is 1.70. The quantitative estimate of drug-likeness (QED) is 0.613. The van der Waals surface area contributed by atoms with E-state index < -0.39 is 0 Å².